The Balaban J connectivity index is 1.59. The summed E-state index contributed by atoms with van der Waals surface area (Å²) in [6.45, 7) is 4.01. The Morgan fingerprint density at radius 2 is 1.88 bits per heavy atom. The molecule has 1 heterocycles. The van der Waals surface area contributed by atoms with Gasteiger partial charge in [0, 0.05) is 5.56 Å². The van der Waals surface area contributed by atoms with Crippen molar-refractivity contribution < 1.29 is 14.1 Å². The molecule has 0 bridgehead atoms. The number of aryl methyl sites for hydroxylation is 1. The predicted octanol–water partition coefficient (Wildman–Crippen LogP) is 3.52. The largest absolute Gasteiger partial charge is 0.480 e. The normalized spacial score (nSPS) is 11.8. The molecule has 1 atom stereocenters. The molecule has 3 aromatic rings. The Morgan fingerprint density at radius 3 is 2.62 bits per heavy atom. The molecule has 1 amide bonds. The molecule has 1 unspecified atom stereocenters. The molecule has 2 aromatic carbocycles. The van der Waals surface area contributed by atoms with Crippen LogP contribution in [0.15, 0.2) is 59.1 Å². The first-order valence-corrected chi connectivity index (χ1v) is 8.55. The molecule has 0 aliphatic rings. The van der Waals surface area contributed by atoms with E-state index in [1.807, 2.05) is 68.4 Å². The average Bonchev–Trinajstić information content (AvgIpc) is 3.15. The molecule has 0 aliphatic carbocycles. The number of carbonyl (C=O) groups is 1. The summed E-state index contributed by atoms with van der Waals surface area (Å²) >= 11 is 0. The Kier molecular flexibility index (Phi) is 5.63. The third-order valence-electron chi connectivity index (χ3n) is 3.94. The molecule has 0 fully saturated rings. The molecule has 0 radical (unpaired) electrons. The second kappa shape index (κ2) is 8.29. The molecule has 1 N–H and O–H groups in total. The zero-order chi connectivity index (χ0) is 18.4. The molecule has 1 aromatic heterocycles. The van der Waals surface area contributed by atoms with Crippen LogP contribution in [0.5, 0.6) is 5.75 Å². The van der Waals surface area contributed by atoms with Crippen molar-refractivity contribution in [1.82, 2.24) is 15.5 Å². The van der Waals surface area contributed by atoms with Gasteiger partial charge in [-0.15, -0.1) is 0 Å². The second-order valence-electron chi connectivity index (χ2n) is 5.88. The Hall–Kier alpha value is -3.15. The average molecular weight is 351 g/mol. The topological polar surface area (TPSA) is 77.2 Å². The van der Waals surface area contributed by atoms with Crippen LogP contribution in [0.3, 0.4) is 0 Å². The molecule has 26 heavy (non-hydrogen) atoms. The van der Waals surface area contributed by atoms with Crippen molar-refractivity contribution in [3.05, 3.63) is 66.1 Å². The molecule has 6 nitrogen and oxygen atoms in total. The highest BCUT2D eigenvalue weighted by Gasteiger charge is 2.20. The van der Waals surface area contributed by atoms with Gasteiger partial charge in [0.2, 0.25) is 11.7 Å². The van der Waals surface area contributed by atoms with Crippen LogP contribution in [-0.4, -0.2) is 22.2 Å². The minimum Gasteiger partial charge on any atom is -0.480 e. The first-order chi connectivity index (χ1) is 12.7. The fourth-order valence-corrected chi connectivity index (χ4v) is 2.47. The molecular formula is C20H21N3O3. The van der Waals surface area contributed by atoms with E-state index in [1.165, 1.54) is 0 Å². The van der Waals surface area contributed by atoms with E-state index in [0.717, 1.165) is 11.1 Å². The lowest BCUT2D eigenvalue weighted by Gasteiger charge is -2.18. The van der Waals surface area contributed by atoms with Gasteiger partial charge >= 0.3 is 0 Å². The fourth-order valence-electron chi connectivity index (χ4n) is 2.47. The van der Waals surface area contributed by atoms with Gasteiger partial charge in [-0.2, -0.15) is 4.98 Å². The smallest absolute Gasteiger partial charge is 0.261 e. The SMILES string of the molecule is CCC(Oc1ccccc1C)C(=O)NCc1nc(-c2ccccc2)no1. The van der Waals surface area contributed by atoms with E-state index in [9.17, 15) is 4.79 Å². The second-order valence-corrected chi connectivity index (χ2v) is 5.88. The standard InChI is InChI=1S/C20H21N3O3/c1-3-16(25-17-12-8-7-9-14(17)2)20(24)21-13-18-22-19(23-26-18)15-10-5-4-6-11-15/h4-12,16H,3,13H2,1-2H3,(H,21,24). The summed E-state index contributed by atoms with van der Waals surface area (Å²) in [6, 6.07) is 17.2. The van der Waals surface area contributed by atoms with Gasteiger partial charge < -0.3 is 14.6 Å². The highest BCUT2D eigenvalue weighted by molar-refractivity contribution is 5.81. The van der Waals surface area contributed by atoms with Crippen LogP contribution in [0.25, 0.3) is 11.4 Å². The Bertz CT molecular complexity index is 862. The van der Waals surface area contributed by atoms with E-state index in [2.05, 4.69) is 15.5 Å². The van der Waals surface area contributed by atoms with Crippen LogP contribution < -0.4 is 10.1 Å². The molecule has 0 saturated carbocycles. The number of nitrogens with zero attached hydrogens (tertiary/aromatic N) is 2. The van der Waals surface area contributed by atoms with Crippen LogP contribution in [0.2, 0.25) is 0 Å². The van der Waals surface area contributed by atoms with E-state index >= 15 is 0 Å². The molecule has 6 heteroatoms. The maximum atomic E-state index is 12.4. The number of nitrogens with one attached hydrogen (secondary N) is 1. The number of amides is 1. The quantitative estimate of drug-likeness (QED) is 0.705. The van der Waals surface area contributed by atoms with Crippen LogP contribution >= 0.6 is 0 Å². The minimum atomic E-state index is -0.576. The summed E-state index contributed by atoms with van der Waals surface area (Å²) in [5, 5.41) is 6.73. The zero-order valence-corrected chi connectivity index (χ0v) is 14.8. The van der Waals surface area contributed by atoms with Gasteiger partial charge in [0.1, 0.15) is 5.75 Å². The summed E-state index contributed by atoms with van der Waals surface area (Å²) in [5.74, 6) is 1.34. The summed E-state index contributed by atoms with van der Waals surface area (Å²) in [6.07, 6.45) is -0.0215. The van der Waals surface area contributed by atoms with Crippen LogP contribution in [0, 0.1) is 6.92 Å². The summed E-state index contributed by atoms with van der Waals surface area (Å²) < 4.78 is 11.0. The number of aromatic nitrogens is 2. The van der Waals surface area contributed by atoms with Gasteiger partial charge in [-0.25, -0.2) is 0 Å². The highest BCUT2D eigenvalue weighted by Crippen LogP contribution is 2.19. The lowest BCUT2D eigenvalue weighted by atomic mass is 10.2. The first kappa shape index (κ1) is 17.7. The number of benzene rings is 2. The van der Waals surface area contributed by atoms with Crippen molar-refractivity contribution in [1.29, 1.82) is 0 Å². The third kappa shape index (κ3) is 4.27. The van der Waals surface area contributed by atoms with E-state index in [0.29, 0.717) is 23.9 Å². The van der Waals surface area contributed by atoms with E-state index in [4.69, 9.17) is 9.26 Å². The lowest BCUT2D eigenvalue weighted by molar-refractivity contribution is -0.128. The number of ether oxygens (including phenoxy) is 1. The summed E-state index contributed by atoms with van der Waals surface area (Å²) in [4.78, 5) is 16.7. The molecule has 0 saturated heterocycles. The third-order valence-corrected chi connectivity index (χ3v) is 3.94. The van der Waals surface area contributed by atoms with Crippen LogP contribution in [0.4, 0.5) is 0 Å². The molecule has 134 valence electrons. The van der Waals surface area contributed by atoms with Gasteiger partial charge in [-0.1, -0.05) is 60.6 Å². The zero-order valence-electron chi connectivity index (χ0n) is 14.8. The van der Waals surface area contributed by atoms with Gasteiger partial charge in [0.05, 0.1) is 6.54 Å². The number of para-hydroxylation sites is 1. The van der Waals surface area contributed by atoms with Crippen molar-refractivity contribution in [3.8, 4) is 17.1 Å². The number of carbonyl (C=O) groups excluding carboxylic acids is 1. The fraction of sp³-hybridized carbons (Fsp3) is 0.250. The van der Waals surface area contributed by atoms with Crippen molar-refractivity contribution in [3.63, 3.8) is 0 Å². The molecule has 3 rings (SSSR count). The van der Waals surface area contributed by atoms with Crippen molar-refractivity contribution in [2.45, 2.75) is 32.9 Å². The lowest BCUT2D eigenvalue weighted by Crippen LogP contribution is -2.37. The summed E-state index contributed by atoms with van der Waals surface area (Å²) in [5.41, 5.74) is 1.85. The molecule has 0 aliphatic heterocycles. The summed E-state index contributed by atoms with van der Waals surface area (Å²) in [7, 11) is 0. The highest BCUT2D eigenvalue weighted by atomic mass is 16.5. The maximum absolute atomic E-state index is 12.4. The Labute approximate surface area is 152 Å². The minimum absolute atomic E-state index is 0.159. The molecular weight excluding hydrogens is 330 g/mol. The van der Waals surface area contributed by atoms with Crippen molar-refractivity contribution >= 4 is 5.91 Å². The predicted molar refractivity (Wildman–Crippen MR) is 97.5 cm³/mol. The van der Waals surface area contributed by atoms with Gasteiger partial charge in [-0.05, 0) is 25.0 Å². The van der Waals surface area contributed by atoms with E-state index in [1.54, 1.807) is 0 Å². The maximum Gasteiger partial charge on any atom is 0.261 e. The van der Waals surface area contributed by atoms with Gasteiger partial charge in [0.25, 0.3) is 5.91 Å². The van der Waals surface area contributed by atoms with Crippen LogP contribution in [-0.2, 0) is 11.3 Å². The van der Waals surface area contributed by atoms with Crippen molar-refractivity contribution in [2.24, 2.45) is 0 Å². The van der Waals surface area contributed by atoms with Crippen LogP contribution in [0.1, 0.15) is 24.8 Å². The Morgan fingerprint density at radius 1 is 1.15 bits per heavy atom. The van der Waals surface area contributed by atoms with Crippen molar-refractivity contribution in [2.75, 3.05) is 0 Å². The van der Waals surface area contributed by atoms with E-state index in [-0.39, 0.29) is 12.5 Å². The number of rotatable bonds is 7. The van der Waals surface area contributed by atoms with E-state index < -0.39 is 6.10 Å². The van der Waals surface area contributed by atoms with Gasteiger partial charge in [-0.3, -0.25) is 4.79 Å². The first-order valence-electron chi connectivity index (χ1n) is 8.55. The van der Waals surface area contributed by atoms with Gasteiger partial charge in [0.15, 0.2) is 6.10 Å². The molecule has 0 spiro atoms. The number of hydrogen-bond acceptors (Lipinski definition) is 5. The number of hydrogen-bond donors (Lipinski definition) is 1. The monoisotopic (exact) mass is 351 g/mol.